The molecule has 1 rings (SSSR count). The van der Waals surface area contributed by atoms with Gasteiger partial charge in [-0.1, -0.05) is 0 Å². The number of phosphoric ester groups is 1. The van der Waals surface area contributed by atoms with E-state index < -0.39 is 60.6 Å². The summed E-state index contributed by atoms with van der Waals surface area (Å²) in [6.45, 7) is -0.648. The maximum Gasteiger partial charge on any atom is 0.490 e. The minimum absolute atomic E-state index is 0.135. The highest BCUT2D eigenvalue weighted by atomic mass is 31.3. The first kappa shape index (κ1) is 28.0. The lowest BCUT2D eigenvalue weighted by Crippen LogP contribution is -2.34. The van der Waals surface area contributed by atoms with Crippen LogP contribution < -0.4 is 11.3 Å². The molecule has 31 heavy (non-hydrogen) atoms. The number of aliphatic hydroxyl groups excluding tert-OH is 2. The zero-order valence-electron chi connectivity index (χ0n) is 16.0. The predicted molar refractivity (Wildman–Crippen MR) is 100 cm³/mol. The number of nitrogens with two attached hydrogens (primary N) is 1. The topological polar surface area (TPSA) is 270 Å². The van der Waals surface area contributed by atoms with Gasteiger partial charge in [0.25, 0.3) is 5.56 Å². The van der Waals surface area contributed by atoms with Crippen LogP contribution in [0.4, 0.5) is 5.95 Å². The molecule has 2 unspecified atom stereocenters. The van der Waals surface area contributed by atoms with Crippen molar-refractivity contribution in [1.29, 1.82) is 0 Å². The fourth-order valence-electron chi connectivity index (χ4n) is 2.04. The van der Waals surface area contributed by atoms with E-state index in [-0.39, 0.29) is 11.5 Å². The SMILES string of the molecule is C[C@H](O)[C@@H](O[C@@H](CO)COP(=O)(O)OP(=O)(O)OP(=O)(O)O)c1cn(C)c(N)nc1=O. The van der Waals surface area contributed by atoms with Crippen molar-refractivity contribution in [3.8, 4) is 0 Å². The van der Waals surface area contributed by atoms with Crippen molar-refractivity contribution in [3.05, 3.63) is 22.1 Å². The van der Waals surface area contributed by atoms with Crippen molar-refractivity contribution in [2.24, 2.45) is 7.05 Å². The molecule has 17 nitrogen and oxygen atoms in total. The molecule has 8 N–H and O–H groups in total. The van der Waals surface area contributed by atoms with Gasteiger partial charge in [-0.3, -0.25) is 9.32 Å². The van der Waals surface area contributed by atoms with Crippen LogP contribution >= 0.6 is 23.5 Å². The quantitative estimate of drug-likeness (QED) is 0.157. The number of phosphoric acid groups is 3. The lowest BCUT2D eigenvalue weighted by atomic mass is 10.1. The maximum absolute atomic E-state index is 12.1. The molecule has 20 heteroatoms. The summed E-state index contributed by atoms with van der Waals surface area (Å²) in [7, 11) is -15.3. The Bertz CT molecular complexity index is 961. The molecule has 1 aromatic rings. The summed E-state index contributed by atoms with van der Waals surface area (Å²) in [6, 6.07) is 0. The molecular formula is C11H22N3O14P3. The predicted octanol–water partition coefficient (Wildman–Crippen LogP) is -1.49. The molecule has 0 spiro atoms. The van der Waals surface area contributed by atoms with E-state index in [1.807, 2.05) is 0 Å². The second-order valence-corrected chi connectivity index (χ2v) is 10.4. The van der Waals surface area contributed by atoms with Gasteiger partial charge in [0.15, 0.2) is 0 Å². The van der Waals surface area contributed by atoms with E-state index in [4.69, 9.17) is 25.2 Å². The van der Waals surface area contributed by atoms with E-state index in [1.165, 1.54) is 24.7 Å². The van der Waals surface area contributed by atoms with Gasteiger partial charge in [0.05, 0.1) is 24.9 Å². The van der Waals surface area contributed by atoms with E-state index in [1.54, 1.807) is 0 Å². The highest BCUT2D eigenvalue weighted by Gasteiger charge is 2.41. The molecule has 0 aliphatic carbocycles. The molecule has 0 aliphatic rings. The maximum atomic E-state index is 12.1. The van der Waals surface area contributed by atoms with E-state index in [2.05, 4.69) is 18.1 Å². The Kier molecular flexibility index (Phi) is 9.69. The Labute approximate surface area is 174 Å². The van der Waals surface area contributed by atoms with Gasteiger partial charge in [0, 0.05) is 13.2 Å². The van der Waals surface area contributed by atoms with Crippen LogP contribution in [-0.4, -0.2) is 64.8 Å². The number of aromatic nitrogens is 2. The van der Waals surface area contributed by atoms with Crippen LogP contribution in [-0.2, 0) is 38.6 Å². The zero-order valence-corrected chi connectivity index (χ0v) is 18.7. The first-order valence-electron chi connectivity index (χ1n) is 8.02. The Hall–Kier alpha value is -1.03. The smallest absolute Gasteiger partial charge is 0.394 e. The highest BCUT2D eigenvalue weighted by Crippen LogP contribution is 2.66. The molecule has 0 saturated carbocycles. The molecule has 0 amide bonds. The second kappa shape index (κ2) is 10.7. The number of nitrogens with zero attached hydrogens (tertiary/aromatic N) is 2. The van der Waals surface area contributed by atoms with Gasteiger partial charge in [-0.05, 0) is 6.92 Å². The molecular weight excluding hydrogens is 491 g/mol. The van der Waals surface area contributed by atoms with Crippen LogP contribution in [0.15, 0.2) is 11.0 Å². The van der Waals surface area contributed by atoms with Gasteiger partial charge >= 0.3 is 23.5 Å². The standard InChI is InChI=1S/C11H22N3O14P3/c1-6(16)9(8-3-14(2)11(12)13-10(8)17)26-7(4-15)5-25-30(21,22)28-31(23,24)27-29(18,19)20/h3,6-7,9,15-16H,4-5H2,1-2H3,(H,21,22)(H,23,24)(H2,12,13,17)(H2,18,19,20)/t6-,7-,9+/m0/s1. The normalized spacial score (nSPS) is 19.2. The van der Waals surface area contributed by atoms with Crippen LogP contribution in [0.2, 0.25) is 0 Å². The summed E-state index contributed by atoms with van der Waals surface area (Å²) >= 11 is 0. The van der Waals surface area contributed by atoms with Crippen LogP contribution in [0.3, 0.4) is 0 Å². The fourth-order valence-corrected chi connectivity index (χ4v) is 5.09. The summed E-state index contributed by atoms with van der Waals surface area (Å²) in [5, 5.41) is 19.3. The molecule has 0 bridgehead atoms. The highest BCUT2D eigenvalue weighted by molar-refractivity contribution is 7.66. The van der Waals surface area contributed by atoms with Crippen molar-refractivity contribution in [3.63, 3.8) is 0 Å². The van der Waals surface area contributed by atoms with Crippen LogP contribution in [0, 0.1) is 0 Å². The van der Waals surface area contributed by atoms with Crippen molar-refractivity contribution < 1.29 is 61.4 Å². The van der Waals surface area contributed by atoms with Gasteiger partial charge in [0.1, 0.15) is 12.2 Å². The Balaban J connectivity index is 2.93. The molecule has 180 valence electrons. The number of ether oxygens (including phenoxy) is 1. The number of nitrogen functional groups attached to an aromatic ring is 1. The summed E-state index contributed by atoms with van der Waals surface area (Å²) < 4.78 is 51.7. The molecule has 5 atom stereocenters. The van der Waals surface area contributed by atoms with Crippen molar-refractivity contribution >= 4 is 29.4 Å². The van der Waals surface area contributed by atoms with Gasteiger partial charge in [-0.2, -0.15) is 13.6 Å². The molecule has 0 aromatic carbocycles. The monoisotopic (exact) mass is 513 g/mol. The van der Waals surface area contributed by atoms with Gasteiger partial charge in [-0.25, -0.2) is 13.7 Å². The molecule has 1 aromatic heterocycles. The third-order valence-corrected chi connectivity index (χ3v) is 7.09. The molecule has 1 heterocycles. The summed E-state index contributed by atoms with van der Waals surface area (Å²) in [5.41, 5.74) is 4.46. The summed E-state index contributed by atoms with van der Waals surface area (Å²) in [4.78, 5) is 51.1. The number of hydrogen-bond donors (Lipinski definition) is 7. The van der Waals surface area contributed by atoms with E-state index in [0.717, 1.165) is 0 Å². The van der Waals surface area contributed by atoms with Crippen molar-refractivity contribution in [2.45, 2.75) is 25.2 Å². The average Bonchev–Trinajstić information content (AvgIpc) is 2.55. The lowest BCUT2D eigenvalue weighted by molar-refractivity contribution is -0.104. The average molecular weight is 513 g/mol. The number of aryl methyl sites for hydroxylation is 1. The molecule has 0 saturated heterocycles. The van der Waals surface area contributed by atoms with E-state index >= 15 is 0 Å². The second-order valence-electron chi connectivity index (χ2n) is 5.96. The fraction of sp³-hybridized carbons (Fsp3) is 0.636. The van der Waals surface area contributed by atoms with Gasteiger partial charge in [0.2, 0.25) is 5.95 Å². The number of hydrogen-bond acceptors (Lipinski definition) is 12. The van der Waals surface area contributed by atoms with Crippen molar-refractivity contribution in [2.75, 3.05) is 18.9 Å². The Morgan fingerprint density at radius 1 is 1.16 bits per heavy atom. The number of anilines is 1. The summed E-state index contributed by atoms with van der Waals surface area (Å²) in [5.74, 6) is -0.135. The Morgan fingerprint density at radius 2 is 1.74 bits per heavy atom. The zero-order chi connectivity index (χ0) is 24.2. The number of aliphatic hydroxyl groups is 2. The third-order valence-electron chi connectivity index (χ3n) is 3.28. The minimum atomic E-state index is -5.72. The van der Waals surface area contributed by atoms with Crippen molar-refractivity contribution in [1.82, 2.24) is 9.55 Å². The lowest BCUT2D eigenvalue weighted by Gasteiger charge is -2.26. The van der Waals surface area contributed by atoms with Gasteiger partial charge in [-0.15, -0.1) is 0 Å². The van der Waals surface area contributed by atoms with Crippen LogP contribution in [0.1, 0.15) is 18.6 Å². The Morgan fingerprint density at radius 3 is 2.23 bits per heavy atom. The van der Waals surface area contributed by atoms with E-state index in [9.17, 15) is 33.6 Å². The summed E-state index contributed by atoms with van der Waals surface area (Å²) in [6.07, 6.45) is -3.04. The first-order valence-corrected chi connectivity index (χ1v) is 12.5. The number of rotatable bonds is 12. The third kappa shape index (κ3) is 9.55. The molecule has 0 aliphatic heterocycles. The van der Waals surface area contributed by atoms with Gasteiger partial charge < -0.3 is 44.8 Å². The largest absolute Gasteiger partial charge is 0.490 e. The molecule has 0 fully saturated rings. The van der Waals surface area contributed by atoms with Crippen LogP contribution in [0.25, 0.3) is 0 Å². The van der Waals surface area contributed by atoms with E-state index in [0.29, 0.717) is 0 Å². The first-order chi connectivity index (χ1) is 14.0. The van der Waals surface area contributed by atoms with Crippen LogP contribution in [0.5, 0.6) is 0 Å². The molecule has 0 radical (unpaired) electrons. The minimum Gasteiger partial charge on any atom is -0.394 e.